The SMILES string of the molecule is CCCC(N)c1ccccc1SC. The van der Waals surface area contributed by atoms with Crippen molar-refractivity contribution >= 4 is 11.8 Å². The molecule has 1 unspecified atom stereocenters. The van der Waals surface area contributed by atoms with Crippen molar-refractivity contribution in [1.29, 1.82) is 0 Å². The van der Waals surface area contributed by atoms with Gasteiger partial charge in [0.05, 0.1) is 0 Å². The maximum absolute atomic E-state index is 6.07. The lowest BCUT2D eigenvalue weighted by molar-refractivity contribution is 0.629. The zero-order valence-electron chi connectivity index (χ0n) is 8.29. The van der Waals surface area contributed by atoms with Crippen LogP contribution in [0.3, 0.4) is 0 Å². The Labute approximate surface area is 84.7 Å². The smallest absolute Gasteiger partial charge is 0.0305 e. The van der Waals surface area contributed by atoms with Crippen LogP contribution in [0.5, 0.6) is 0 Å². The summed E-state index contributed by atoms with van der Waals surface area (Å²) in [4.78, 5) is 1.31. The Hall–Kier alpha value is -0.470. The van der Waals surface area contributed by atoms with Crippen molar-refractivity contribution in [2.24, 2.45) is 5.73 Å². The molecule has 0 saturated heterocycles. The fraction of sp³-hybridized carbons (Fsp3) is 0.455. The van der Waals surface area contributed by atoms with Gasteiger partial charge in [-0.3, -0.25) is 0 Å². The second-order valence-electron chi connectivity index (χ2n) is 3.14. The Balaban J connectivity index is 2.85. The van der Waals surface area contributed by atoms with E-state index in [9.17, 15) is 0 Å². The van der Waals surface area contributed by atoms with Crippen LogP contribution in [0.2, 0.25) is 0 Å². The molecule has 0 aliphatic carbocycles. The molecule has 0 spiro atoms. The number of nitrogens with two attached hydrogens (primary N) is 1. The number of hydrogen-bond acceptors (Lipinski definition) is 2. The number of rotatable bonds is 4. The van der Waals surface area contributed by atoms with E-state index in [1.807, 2.05) is 0 Å². The molecule has 0 heterocycles. The van der Waals surface area contributed by atoms with E-state index in [1.54, 1.807) is 11.8 Å². The van der Waals surface area contributed by atoms with Gasteiger partial charge in [-0.1, -0.05) is 31.5 Å². The summed E-state index contributed by atoms with van der Waals surface area (Å²) in [6.07, 6.45) is 4.30. The van der Waals surface area contributed by atoms with E-state index in [2.05, 4.69) is 37.4 Å². The first kappa shape index (κ1) is 10.6. The maximum atomic E-state index is 6.07. The van der Waals surface area contributed by atoms with Gasteiger partial charge in [0.15, 0.2) is 0 Å². The predicted molar refractivity (Wildman–Crippen MR) is 60.1 cm³/mol. The lowest BCUT2D eigenvalue weighted by Gasteiger charge is -2.13. The van der Waals surface area contributed by atoms with Crippen molar-refractivity contribution in [3.63, 3.8) is 0 Å². The zero-order valence-corrected chi connectivity index (χ0v) is 9.10. The van der Waals surface area contributed by atoms with Gasteiger partial charge in [0, 0.05) is 10.9 Å². The van der Waals surface area contributed by atoms with Crippen LogP contribution in [0.1, 0.15) is 31.4 Å². The largest absolute Gasteiger partial charge is 0.324 e. The van der Waals surface area contributed by atoms with E-state index in [1.165, 1.54) is 10.5 Å². The number of thioether (sulfide) groups is 1. The van der Waals surface area contributed by atoms with Gasteiger partial charge in [0.1, 0.15) is 0 Å². The minimum absolute atomic E-state index is 0.202. The van der Waals surface area contributed by atoms with Crippen LogP contribution in [0.4, 0.5) is 0 Å². The molecule has 0 bridgehead atoms. The summed E-state index contributed by atoms with van der Waals surface area (Å²) in [5.41, 5.74) is 7.36. The zero-order chi connectivity index (χ0) is 9.68. The van der Waals surface area contributed by atoms with Crippen LogP contribution >= 0.6 is 11.8 Å². The van der Waals surface area contributed by atoms with Crippen molar-refractivity contribution in [3.05, 3.63) is 29.8 Å². The minimum Gasteiger partial charge on any atom is -0.324 e. The molecule has 72 valence electrons. The highest BCUT2D eigenvalue weighted by atomic mass is 32.2. The van der Waals surface area contributed by atoms with Crippen molar-refractivity contribution in [1.82, 2.24) is 0 Å². The van der Waals surface area contributed by atoms with Gasteiger partial charge in [0.2, 0.25) is 0 Å². The number of hydrogen-bond donors (Lipinski definition) is 1. The summed E-state index contributed by atoms with van der Waals surface area (Å²) in [7, 11) is 0. The molecular formula is C11H17NS. The second-order valence-corrected chi connectivity index (χ2v) is 3.99. The molecule has 0 amide bonds. The van der Waals surface area contributed by atoms with E-state index in [0.29, 0.717) is 0 Å². The fourth-order valence-electron chi connectivity index (χ4n) is 1.44. The molecule has 1 rings (SSSR count). The first-order chi connectivity index (χ1) is 6.29. The van der Waals surface area contributed by atoms with E-state index in [4.69, 9.17) is 5.73 Å². The van der Waals surface area contributed by atoms with E-state index < -0.39 is 0 Å². The molecule has 1 atom stereocenters. The minimum atomic E-state index is 0.202. The quantitative estimate of drug-likeness (QED) is 0.747. The van der Waals surface area contributed by atoms with Crippen molar-refractivity contribution in [2.75, 3.05) is 6.26 Å². The van der Waals surface area contributed by atoms with Crippen LogP contribution in [0, 0.1) is 0 Å². The highest BCUT2D eigenvalue weighted by molar-refractivity contribution is 7.98. The first-order valence-electron chi connectivity index (χ1n) is 4.68. The molecule has 2 N–H and O–H groups in total. The van der Waals surface area contributed by atoms with Crippen LogP contribution < -0.4 is 5.73 Å². The second kappa shape index (κ2) is 5.30. The third kappa shape index (κ3) is 2.75. The highest BCUT2D eigenvalue weighted by Crippen LogP contribution is 2.26. The summed E-state index contributed by atoms with van der Waals surface area (Å²) >= 11 is 1.77. The molecule has 0 aliphatic rings. The summed E-state index contributed by atoms with van der Waals surface area (Å²) in [6.45, 7) is 2.17. The third-order valence-corrected chi connectivity index (χ3v) is 2.95. The van der Waals surface area contributed by atoms with Gasteiger partial charge < -0.3 is 5.73 Å². The summed E-state index contributed by atoms with van der Waals surface area (Å²) in [5.74, 6) is 0. The normalized spacial score (nSPS) is 12.8. The van der Waals surface area contributed by atoms with Crippen molar-refractivity contribution < 1.29 is 0 Å². The van der Waals surface area contributed by atoms with Gasteiger partial charge in [-0.05, 0) is 24.3 Å². The van der Waals surface area contributed by atoms with Crippen LogP contribution in [-0.4, -0.2) is 6.26 Å². The van der Waals surface area contributed by atoms with Gasteiger partial charge in [-0.15, -0.1) is 11.8 Å². The molecule has 1 aromatic rings. The van der Waals surface area contributed by atoms with Crippen molar-refractivity contribution in [2.45, 2.75) is 30.7 Å². The molecule has 1 nitrogen and oxygen atoms in total. The van der Waals surface area contributed by atoms with E-state index >= 15 is 0 Å². The molecule has 0 radical (unpaired) electrons. The molecule has 2 heteroatoms. The van der Waals surface area contributed by atoms with Gasteiger partial charge >= 0.3 is 0 Å². The first-order valence-corrected chi connectivity index (χ1v) is 5.90. The molecule has 0 aliphatic heterocycles. The fourth-order valence-corrected chi connectivity index (χ4v) is 2.11. The Morgan fingerprint density at radius 2 is 2.08 bits per heavy atom. The topological polar surface area (TPSA) is 26.0 Å². The standard InChI is InChI=1S/C11H17NS/c1-3-6-10(12)9-7-4-5-8-11(9)13-2/h4-5,7-8,10H,3,6,12H2,1-2H3. The molecule has 0 fully saturated rings. The summed E-state index contributed by atoms with van der Waals surface area (Å²) in [6, 6.07) is 8.59. The van der Waals surface area contributed by atoms with E-state index in [-0.39, 0.29) is 6.04 Å². The van der Waals surface area contributed by atoms with Crippen LogP contribution in [0.15, 0.2) is 29.2 Å². The van der Waals surface area contributed by atoms with Crippen LogP contribution in [-0.2, 0) is 0 Å². The summed E-state index contributed by atoms with van der Waals surface area (Å²) in [5, 5.41) is 0. The molecular weight excluding hydrogens is 178 g/mol. The summed E-state index contributed by atoms with van der Waals surface area (Å²) < 4.78 is 0. The van der Waals surface area contributed by atoms with E-state index in [0.717, 1.165) is 12.8 Å². The maximum Gasteiger partial charge on any atom is 0.0305 e. The average molecular weight is 195 g/mol. The Morgan fingerprint density at radius 1 is 1.38 bits per heavy atom. The monoisotopic (exact) mass is 195 g/mol. The molecule has 0 saturated carbocycles. The lowest BCUT2D eigenvalue weighted by atomic mass is 10.0. The number of benzene rings is 1. The third-order valence-electron chi connectivity index (χ3n) is 2.14. The molecule has 1 aromatic carbocycles. The van der Waals surface area contributed by atoms with Crippen molar-refractivity contribution in [3.8, 4) is 0 Å². The van der Waals surface area contributed by atoms with Gasteiger partial charge in [0.25, 0.3) is 0 Å². The molecule has 0 aromatic heterocycles. The Morgan fingerprint density at radius 3 is 2.69 bits per heavy atom. The molecule has 13 heavy (non-hydrogen) atoms. The predicted octanol–water partition coefficient (Wildman–Crippen LogP) is 3.21. The van der Waals surface area contributed by atoms with Gasteiger partial charge in [-0.2, -0.15) is 0 Å². The Kier molecular flexibility index (Phi) is 4.33. The Bertz CT molecular complexity index is 260. The van der Waals surface area contributed by atoms with Gasteiger partial charge in [-0.25, -0.2) is 0 Å². The highest BCUT2D eigenvalue weighted by Gasteiger charge is 2.08. The lowest BCUT2D eigenvalue weighted by Crippen LogP contribution is -2.10. The average Bonchev–Trinajstić information content (AvgIpc) is 2.18. The van der Waals surface area contributed by atoms with Crippen LogP contribution in [0.25, 0.3) is 0 Å².